The highest BCUT2D eigenvalue weighted by Gasteiger charge is 2.47. The van der Waals surface area contributed by atoms with E-state index in [0.29, 0.717) is 29.3 Å². The van der Waals surface area contributed by atoms with Gasteiger partial charge >= 0.3 is 0 Å². The number of hydrazone groups is 1. The molecule has 29 heavy (non-hydrogen) atoms. The number of fused-ring (bicyclic) bond motifs is 1. The summed E-state index contributed by atoms with van der Waals surface area (Å²) in [5.74, 6) is -0.753. The molecule has 1 amide bonds. The average Bonchev–Trinajstić information content (AvgIpc) is 3.33. The Hall–Kier alpha value is -3.51. The SMILES string of the molecule is Cc1ncc2c(c1O)[C@@H]([C@@H]1C(=O)N(c3ccccc3)N=C1c1ccccc1)OC2. The van der Waals surface area contributed by atoms with Gasteiger partial charge in [0, 0.05) is 17.3 Å². The number of hydrogen-bond donors (Lipinski definition) is 1. The third-order valence-electron chi connectivity index (χ3n) is 5.41. The van der Waals surface area contributed by atoms with Crippen molar-refractivity contribution in [2.24, 2.45) is 11.0 Å². The number of ether oxygens (including phenoxy) is 1. The molecule has 2 aliphatic rings. The number of pyridine rings is 1. The van der Waals surface area contributed by atoms with E-state index in [1.165, 1.54) is 5.01 Å². The van der Waals surface area contributed by atoms with E-state index >= 15 is 0 Å². The molecule has 6 nitrogen and oxygen atoms in total. The molecule has 2 aromatic carbocycles. The number of aryl methyl sites for hydroxylation is 1. The van der Waals surface area contributed by atoms with Gasteiger partial charge in [0.25, 0.3) is 5.91 Å². The lowest BCUT2D eigenvalue weighted by Crippen LogP contribution is -2.32. The Morgan fingerprint density at radius 3 is 2.48 bits per heavy atom. The van der Waals surface area contributed by atoms with Crippen LogP contribution in [0.5, 0.6) is 5.75 Å². The van der Waals surface area contributed by atoms with Gasteiger partial charge in [-0.15, -0.1) is 0 Å². The molecular formula is C23H19N3O3. The number of carbonyl (C=O) groups is 1. The average molecular weight is 385 g/mol. The number of para-hydroxylation sites is 1. The highest BCUT2D eigenvalue weighted by Crippen LogP contribution is 2.45. The summed E-state index contributed by atoms with van der Waals surface area (Å²) in [5, 5.41) is 16.8. The molecule has 3 heterocycles. The normalized spacial score (nSPS) is 20.7. The van der Waals surface area contributed by atoms with Crippen LogP contribution in [-0.4, -0.2) is 21.7 Å². The number of anilines is 1. The molecule has 0 saturated heterocycles. The monoisotopic (exact) mass is 385 g/mol. The van der Waals surface area contributed by atoms with E-state index in [-0.39, 0.29) is 11.7 Å². The number of aromatic nitrogens is 1. The number of nitrogens with zero attached hydrogens (tertiary/aromatic N) is 3. The lowest BCUT2D eigenvalue weighted by Gasteiger charge is -2.21. The van der Waals surface area contributed by atoms with Crippen LogP contribution in [0, 0.1) is 12.8 Å². The van der Waals surface area contributed by atoms with Crippen LogP contribution in [0.15, 0.2) is 72.0 Å². The second kappa shape index (κ2) is 6.83. The van der Waals surface area contributed by atoms with Crippen molar-refractivity contribution in [2.45, 2.75) is 19.6 Å². The minimum atomic E-state index is -0.661. The third kappa shape index (κ3) is 2.80. The summed E-state index contributed by atoms with van der Waals surface area (Å²) in [4.78, 5) is 17.7. The zero-order chi connectivity index (χ0) is 20.0. The van der Waals surface area contributed by atoms with Crippen LogP contribution in [0.4, 0.5) is 5.69 Å². The van der Waals surface area contributed by atoms with E-state index in [0.717, 1.165) is 11.1 Å². The van der Waals surface area contributed by atoms with Crippen molar-refractivity contribution >= 4 is 17.3 Å². The van der Waals surface area contributed by atoms with Crippen molar-refractivity contribution in [1.29, 1.82) is 0 Å². The van der Waals surface area contributed by atoms with E-state index in [2.05, 4.69) is 10.1 Å². The fourth-order valence-electron chi connectivity index (χ4n) is 3.95. The molecule has 0 aliphatic carbocycles. The Bertz CT molecular complexity index is 1110. The Balaban J connectivity index is 1.64. The second-order valence-corrected chi connectivity index (χ2v) is 7.18. The number of benzene rings is 2. The molecular weight excluding hydrogens is 366 g/mol. The fourth-order valence-corrected chi connectivity index (χ4v) is 3.95. The molecule has 5 rings (SSSR count). The van der Waals surface area contributed by atoms with Gasteiger partial charge in [0.15, 0.2) is 0 Å². The highest BCUT2D eigenvalue weighted by molar-refractivity contribution is 6.22. The molecule has 0 spiro atoms. The van der Waals surface area contributed by atoms with Crippen LogP contribution in [0.1, 0.15) is 28.5 Å². The summed E-state index contributed by atoms with van der Waals surface area (Å²) in [7, 11) is 0. The Kier molecular flexibility index (Phi) is 4.14. The van der Waals surface area contributed by atoms with Crippen molar-refractivity contribution in [3.8, 4) is 5.75 Å². The van der Waals surface area contributed by atoms with Crippen LogP contribution in [0.2, 0.25) is 0 Å². The van der Waals surface area contributed by atoms with Gasteiger partial charge < -0.3 is 9.84 Å². The maximum Gasteiger partial charge on any atom is 0.259 e. The molecule has 0 saturated carbocycles. The van der Waals surface area contributed by atoms with Crippen LogP contribution in [0.3, 0.4) is 0 Å². The minimum absolute atomic E-state index is 0.0865. The first kappa shape index (κ1) is 17.6. The van der Waals surface area contributed by atoms with Crippen molar-refractivity contribution < 1.29 is 14.6 Å². The van der Waals surface area contributed by atoms with Crippen LogP contribution < -0.4 is 5.01 Å². The van der Waals surface area contributed by atoms with Gasteiger partial charge in [-0.05, 0) is 24.6 Å². The molecule has 0 fully saturated rings. The van der Waals surface area contributed by atoms with E-state index in [4.69, 9.17) is 4.74 Å². The van der Waals surface area contributed by atoms with Crippen molar-refractivity contribution in [3.63, 3.8) is 0 Å². The van der Waals surface area contributed by atoms with E-state index in [9.17, 15) is 9.90 Å². The maximum atomic E-state index is 13.5. The summed E-state index contributed by atoms with van der Waals surface area (Å²) < 4.78 is 6.02. The Labute approximate surface area is 168 Å². The van der Waals surface area contributed by atoms with E-state index in [1.54, 1.807) is 13.1 Å². The molecule has 1 N–H and O–H groups in total. The highest BCUT2D eigenvalue weighted by atomic mass is 16.5. The topological polar surface area (TPSA) is 75.0 Å². The first-order valence-corrected chi connectivity index (χ1v) is 9.47. The van der Waals surface area contributed by atoms with Crippen LogP contribution >= 0.6 is 0 Å². The number of aromatic hydroxyl groups is 1. The zero-order valence-corrected chi connectivity index (χ0v) is 15.8. The van der Waals surface area contributed by atoms with Gasteiger partial charge in [-0.25, -0.2) is 0 Å². The van der Waals surface area contributed by atoms with Crippen molar-refractivity contribution in [2.75, 3.05) is 5.01 Å². The lowest BCUT2D eigenvalue weighted by atomic mass is 9.87. The largest absolute Gasteiger partial charge is 0.506 e. The molecule has 0 bridgehead atoms. The molecule has 1 aromatic heterocycles. The van der Waals surface area contributed by atoms with Gasteiger partial charge in [0.05, 0.1) is 23.7 Å². The predicted molar refractivity (Wildman–Crippen MR) is 109 cm³/mol. The molecule has 144 valence electrons. The van der Waals surface area contributed by atoms with Gasteiger partial charge in [-0.1, -0.05) is 48.5 Å². The quantitative estimate of drug-likeness (QED) is 0.745. The maximum absolute atomic E-state index is 13.5. The summed E-state index contributed by atoms with van der Waals surface area (Å²) in [5.41, 5.74) is 4.13. The lowest BCUT2D eigenvalue weighted by molar-refractivity contribution is -0.123. The minimum Gasteiger partial charge on any atom is -0.506 e. The second-order valence-electron chi connectivity index (χ2n) is 7.18. The zero-order valence-electron chi connectivity index (χ0n) is 15.8. The molecule has 6 heteroatoms. The van der Waals surface area contributed by atoms with Crippen LogP contribution in [0.25, 0.3) is 0 Å². The third-order valence-corrected chi connectivity index (χ3v) is 5.41. The standard InChI is InChI=1S/C23H19N3O3/c1-14-21(27)18-16(12-24-14)13-29-22(18)19-20(15-8-4-2-5-9-15)25-26(23(19)28)17-10-6-3-7-11-17/h2-12,19,22,27H,13H2,1H3/t19-,22+/m1/s1. The van der Waals surface area contributed by atoms with E-state index in [1.807, 2.05) is 60.7 Å². The number of amides is 1. The number of rotatable bonds is 3. The summed E-state index contributed by atoms with van der Waals surface area (Å²) in [6, 6.07) is 19.0. The fraction of sp³-hybridized carbons (Fsp3) is 0.174. The molecule has 2 aliphatic heterocycles. The summed E-state index contributed by atoms with van der Waals surface area (Å²) in [6.07, 6.45) is 1.09. The molecule has 0 unspecified atom stereocenters. The smallest absolute Gasteiger partial charge is 0.259 e. The molecule has 3 aromatic rings. The van der Waals surface area contributed by atoms with Gasteiger partial charge in [0.1, 0.15) is 17.8 Å². The van der Waals surface area contributed by atoms with Crippen molar-refractivity contribution in [1.82, 2.24) is 4.98 Å². The van der Waals surface area contributed by atoms with Crippen molar-refractivity contribution in [3.05, 3.63) is 89.2 Å². The first-order chi connectivity index (χ1) is 14.1. The first-order valence-electron chi connectivity index (χ1n) is 9.47. The molecule has 2 atom stereocenters. The number of hydrogen-bond acceptors (Lipinski definition) is 5. The number of carbonyl (C=O) groups excluding carboxylic acids is 1. The Morgan fingerprint density at radius 1 is 1.07 bits per heavy atom. The summed E-state index contributed by atoms with van der Waals surface area (Å²) >= 11 is 0. The van der Waals surface area contributed by atoms with Gasteiger partial charge in [0.2, 0.25) is 0 Å². The molecule has 0 radical (unpaired) electrons. The summed E-state index contributed by atoms with van der Waals surface area (Å²) in [6.45, 7) is 2.04. The Morgan fingerprint density at radius 2 is 1.76 bits per heavy atom. The predicted octanol–water partition coefficient (Wildman–Crippen LogP) is 3.73. The van der Waals surface area contributed by atoms with Gasteiger partial charge in [-0.2, -0.15) is 10.1 Å². The van der Waals surface area contributed by atoms with Crippen LogP contribution in [-0.2, 0) is 16.1 Å². The van der Waals surface area contributed by atoms with E-state index < -0.39 is 12.0 Å². The van der Waals surface area contributed by atoms with Gasteiger partial charge in [-0.3, -0.25) is 9.78 Å².